The molecule has 0 bridgehead atoms. The zero-order valence-electron chi connectivity index (χ0n) is 22.4. The molecular weight excluding hydrogens is 755 g/mol. The largest absolute Gasteiger partial charge is 0.429 e. The van der Waals surface area contributed by atoms with Crippen LogP contribution in [0.3, 0.4) is 0 Å². The van der Waals surface area contributed by atoms with Gasteiger partial charge in [0.1, 0.15) is 5.82 Å². The molecule has 0 N–H and O–H groups in total. The first-order chi connectivity index (χ1) is 19.8. The van der Waals surface area contributed by atoms with E-state index in [1.807, 2.05) is 42.0 Å². The van der Waals surface area contributed by atoms with Crippen LogP contribution in [0.15, 0.2) is 55.0 Å². The van der Waals surface area contributed by atoms with Crippen molar-refractivity contribution in [3.05, 3.63) is 83.8 Å². The zero-order chi connectivity index (χ0) is 30.0. The first-order valence-electron chi connectivity index (χ1n) is 12.3. The van der Waals surface area contributed by atoms with Crippen molar-refractivity contribution in [2.45, 2.75) is 26.2 Å². The average molecular weight is 773 g/mol. The number of imidazole rings is 1. The Kier molecular flexibility index (Phi) is 7.51. The van der Waals surface area contributed by atoms with Crippen molar-refractivity contribution >= 4 is 38.4 Å². The first kappa shape index (κ1) is 30.1. The van der Waals surface area contributed by atoms with Gasteiger partial charge < -0.3 is 24.0 Å². The molecule has 0 aliphatic carbocycles. The van der Waals surface area contributed by atoms with Crippen LogP contribution in [-0.4, -0.2) is 34.0 Å². The summed E-state index contributed by atoms with van der Waals surface area (Å²) in [7, 11) is 1.89. The van der Waals surface area contributed by atoms with Crippen LogP contribution in [-0.2, 0) is 39.5 Å². The van der Waals surface area contributed by atoms with E-state index in [2.05, 4.69) is 36.2 Å². The second kappa shape index (κ2) is 10.7. The molecule has 0 aliphatic rings. The number of aromatic nitrogens is 8. The molecule has 0 spiro atoms. The molecule has 0 saturated carbocycles. The van der Waals surface area contributed by atoms with Crippen molar-refractivity contribution in [2.75, 3.05) is 0 Å². The van der Waals surface area contributed by atoms with Crippen LogP contribution < -0.4 is 5.10 Å². The Labute approximate surface area is 252 Å². The fourth-order valence-corrected chi connectivity index (χ4v) is 4.72. The molecule has 0 aliphatic heterocycles. The van der Waals surface area contributed by atoms with Crippen LogP contribution in [0.5, 0.6) is 0 Å². The summed E-state index contributed by atoms with van der Waals surface area (Å²) in [5, 5.41) is 8.59. The van der Waals surface area contributed by atoms with E-state index in [0.29, 0.717) is 16.4 Å². The number of alkyl halides is 6. The third kappa shape index (κ3) is 5.23. The van der Waals surface area contributed by atoms with E-state index < -0.39 is 23.9 Å². The summed E-state index contributed by atoms with van der Waals surface area (Å²) in [4.78, 5) is 15.5. The maximum atomic E-state index is 12.9. The van der Waals surface area contributed by atoms with Gasteiger partial charge in [-0.25, -0.2) is 0 Å². The molecule has 0 saturated heterocycles. The van der Waals surface area contributed by atoms with Crippen molar-refractivity contribution in [3.8, 4) is 11.5 Å². The predicted molar refractivity (Wildman–Crippen MR) is 141 cm³/mol. The normalized spacial score (nSPS) is 12.1. The van der Waals surface area contributed by atoms with Gasteiger partial charge in [0.05, 0.1) is 22.6 Å². The van der Waals surface area contributed by atoms with Crippen LogP contribution in [0.25, 0.3) is 49.9 Å². The fourth-order valence-electron chi connectivity index (χ4n) is 4.72. The van der Waals surface area contributed by atoms with Crippen molar-refractivity contribution in [1.29, 1.82) is 0 Å². The Hall–Kier alpha value is -4.36. The maximum Gasteiger partial charge on any atom is 0.429 e. The third-order valence-electron chi connectivity index (χ3n) is 7.02. The van der Waals surface area contributed by atoms with E-state index >= 15 is 0 Å². The summed E-state index contributed by atoms with van der Waals surface area (Å²) >= 11 is 0. The van der Waals surface area contributed by atoms with Crippen molar-refractivity contribution in [3.63, 3.8) is 0 Å². The number of benzene rings is 1. The summed E-state index contributed by atoms with van der Waals surface area (Å²) in [5.74, 6) is -1.38. The minimum Gasteiger partial charge on any atom is -0.413 e. The average Bonchev–Trinajstić information content (AvgIpc) is 3.70. The molecule has 43 heavy (non-hydrogen) atoms. The molecule has 7 rings (SSSR count). The third-order valence-corrected chi connectivity index (χ3v) is 7.02. The van der Waals surface area contributed by atoms with Crippen LogP contribution in [0.2, 0.25) is 0 Å². The number of pyridine rings is 3. The smallest absolute Gasteiger partial charge is 0.413 e. The van der Waals surface area contributed by atoms with Gasteiger partial charge in [-0.15, -0.1) is 12.1 Å². The Morgan fingerprint density at radius 2 is 1.65 bits per heavy atom. The number of rotatable bonds is 1. The van der Waals surface area contributed by atoms with Crippen LogP contribution in [0.4, 0.5) is 26.3 Å². The molecule has 0 fully saturated rings. The molecule has 0 amide bonds. The van der Waals surface area contributed by atoms with Crippen LogP contribution in [0, 0.1) is 19.9 Å². The van der Waals surface area contributed by atoms with Crippen molar-refractivity contribution < 1.29 is 46.4 Å². The number of hydrogen-bond donors (Lipinski definition) is 0. The Morgan fingerprint density at radius 1 is 0.907 bits per heavy atom. The molecule has 1 radical (unpaired) electrons. The zero-order valence-corrected chi connectivity index (χ0v) is 24.8. The number of nitrogens with zero attached hydrogens (tertiary/aromatic N) is 8. The first-order valence-corrected chi connectivity index (χ1v) is 12.3. The van der Waals surface area contributed by atoms with Gasteiger partial charge in [-0.05, 0) is 48.3 Å². The number of para-hydroxylation sites is 1. The monoisotopic (exact) mass is 773 g/mol. The van der Waals surface area contributed by atoms with Gasteiger partial charge in [0.25, 0.3) is 0 Å². The second-order valence-electron chi connectivity index (χ2n) is 9.46. The molecule has 0 atom stereocenters. The van der Waals surface area contributed by atoms with Gasteiger partial charge >= 0.3 is 12.4 Å². The minimum absolute atomic E-state index is 0. The van der Waals surface area contributed by atoms with Gasteiger partial charge in [0.2, 0.25) is 0 Å². The van der Waals surface area contributed by atoms with Crippen LogP contribution in [0.1, 0.15) is 22.8 Å². The Morgan fingerprint density at radius 3 is 2.35 bits per heavy atom. The summed E-state index contributed by atoms with van der Waals surface area (Å²) in [6.45, 7) is 3.94. The van der Waals surface area contributed by atoms with Gasteiger partial charge in [0.15, 0.2) is 0 Å². The number of fused-ring (bicyclic) bond motifs is 7. The van der Waals surface area contributed by atoms with E-state index in [1.54, 1.807) is 36.8 Å². The maximum absolute atomic E-state index is 12.9. The molecule has 7 aromatic rings. The molecular formula is C28H18F6IrN8-2. The summed E-state index contributed by atoms with van der Waals surface area (Å²) in [6, 6.07) is 12.4. The molecule has 0 unspecified atom stereocenters. The SMILES string of the molecule is Cc1c(C)n(C)c2cc(-c3nc(C(F)(F)F)n[n-]3)ncc12.FC(F)(F)c1c[c-]c2c(n1)c1ccccc1n1ccnc21.[Ir]. The van der Waals surface area contributed by atoms with E-state index in [9.17, 15) is 26.3 Å². The van der Waals surface area contributed by atoms with Gasteiger partial charge in [-0.2, -0.15) is 26.3 Å². The molecule has 6 heterocycles. The summed E-state index contributed by atoms with van der Waals surface area (Å²) in [6.07, 6.45) is -4.10. The van der Waals surface area contributed by atoms with Crippen molar-refractivity contribution in [2.24, 2.45) is 7.05 Å². The van der Waals surface area contributed by atoms with E-state index in [1.165, 1.54) is 0 Å². The number of hydrogen-bond acceptors (Lipinski definition) is 5. The van der Waals surface area contributed by atoms with E-state index in [4.69, 9.17) is 0 Å². The van der Waals surface area contributed by atoms with Gasteiger partial charge in [-0.1, -0.05) is 23.6 Å². The number of aryl methyl sites for hydroxylation is 2. The predicted octanol–water partition coefficient (Wildman–Crippen LogP) is 6.48. The number of halogens is 6. The molecule has 1 aromatic carbocycles. The molecule has 6 aromatic heterocycles. The summed E-state index contributed by atoms with van der Waals surface area (Å²) in [5.41, 5.74) is 3.92. The van der Waals surface area contributed by atoms with E-state index in [-0.39, 0.29) is 37.1 Å². The fraction of sp³-hybridized carbons (Fsp3) is 0.179. The second-order valence-corrected chi connectivity index (χ2v) is 9.46. The Bertz CT molecular complexity index is 2120. The minimum atomic E-state index is -4.60. The Balaban J connectivity index is 0.000000167. The van der Waals surface area contributed by atoms with Crippen molar-refractivity contribution in [1.82, 2.24) is 39.1 Å². The standard InChI is InChI=1S/C15H7F3N3.C13H11F3N5.Ir/c16-15(17,18)12-6-5-10-13(20-12)9-3-1-2-4-11(9)21-8-7-19-14(10)21;1-6-7(2)21(3)10-4-9(17-5-8(6)10)11-18-12(20-19-11)13(14,15)16;/h1-4,6-8H;4-5H,1-3H3;/q2*-1;. The quantitative estimate of drug-likeness (QED) is 0.108. The molecule has 223 valence electrons. The van der Waals surface area contributed by atoms with Crippen LogP contribution >= 0.6 is 0 Å². The van der Waals surface area contributed by atoms with E-state index in [0.717, 1.165) is 33.7 Å². The molecule has 15 heteroatoms. The van der Waals surface area contributed by atoms with Gasteiger partial charge in [-0.3, -0.25) is 15.1 Å². The molecule has 8 nitrogen and oxygen atoms in total. The summed E-state index contributed by atoms with van der Waals surface area (Å²) < 4.78 is 79.9. The topological polar surface area (TPSA) is 87.9 Å². The van der Waals surface area contributed by atoms with Gasteiger partial charge in [0, 0.05) is 62.3 Å².